The van der Waals surface area contributed by atoms with Crippen LogP contribution in [-0.2, 0) is 22.6 Å². The smallest absolute Gasteiger partial charge is 0.242 e. The lowest BCUT2D eigenvalue weighted by Gasteiger charge is -2.30. The van der Waals surface area contributed by atoms with Crippen LogP contribution in [0.1, 0.15) is 11.3 Å². The molecule has 22 heavy (non-hydrogen) atoms. The molecule has 1 saturated heterocycles. The number of anilines is 1. The minimum Gasteiger partial charge on any atom is -0.361 e. The molecule has 2 aliphatic rings. The van der Waals surface area contributed by atoms with Crippen LogP contribution < -0.4 is 4.90 Å². The van der Waals surface area contributed by atoms with Gasteiger partial charge >= 0.3 is 0 Å². The molecule has 1 aromatic rings. The molecule has 3 rings (SSSR count). The predicted octanol–water partition coefficient (Wildman–Crippen LogP) is -0.0398. The Labute approximate surface area is 133 Å². The van der Waals surface area contributed by atoms with E-state index in [-0.39, 0.29) is 18.4 Å². The predicted molar refractivity (Wildman–Crippen MR) is 84.5 cm³/mol. The zero-order valence-corrected chi connectivity index (χ0v) is 13.6. The van der Waals surface area contributed by atoms with Gasteiger partial charge in [0.15, 0.2) is 5.82 Å². The molecule has 0 bridgehead atoms. The Bertz CT molecular complexity index is 607. The Kier molecular flexibility index (Phi) is 4.19. The van der Waals surface area contributed by atoms with E-state index >= 15 is 0 Å². The number of hydrogen-bond donors (Lipinski definition) is 0. The van der Waals surface area contributed by atoms with Crippen LogP contribution in [0.2, 0.25) is 0 Å². The second kappa shape index (κ2) is 6.12. The van der Waals surface area contributed by atoms with Crippen LogP contribution in [0.4, 0.5) is 5.82 Å². The largest absolute Gasteiger partial charge is 0.361 e. The molecule has 1 fully saturated rings. The quantitative estimate of drug-likeness (QED) is 0.778. The Morgan fingerprint density at radius 1 is 1.41 bits per heavy atom. The third kappa shape index (κ3) is 3.01. The summed E-state index contributed by atoms with van der Waals surface area (Å²) in [5.41, 5.74) is 2.00. The molecule has 1 aromatic heterocycles. The zero-order valence-electron chi connectivity index (χ0n) is 12.8. The fourth-order valence-electron chi connectivity index (χ4n) is 2.55. The van der Waals surface area contributed by atoms with Crippen LogP contribution in [0.15, 0.2) is 6.07 Å². The number of nitrogens with zero attached hydrogens (tertiary/aromatic N) is 5. The molecule has 0 aromatic carbocycles. The van der Waals surface area contributed by atoms with E-state index in [2.05, 4.69) is 10.2 Å². The van der Waals surface area contributed by atoms with Gasteiger partial charge in [-0.1, -0.05) is 0 Å². The fraction of sp³-hybridized carbons (Fsp3) is 0.571. The van der Waals surface area contributed by atoms with Gasteiger partial charge in [-0.05, 0) is 11.6 Å². The van der Waals surface area contributed by atoms with Gasteiger partial charge in [-0.2, -0.15) is 5.10 Å². The van der Waals surface area contributed by atoms with Gasteiger partial charge in [0, 0.05) is 33.6 Å². The van der Waals surface area contributed by atoms with E-state index in [1.165, 1.54) is 0 Å². The van der Waals surface area contributed by atoms with E-state index in [1.807, 2.05) is 25.1 Å². The van der Waals surface area contributed by atoms with Gasteiger partial charge in [0.2, 0.25) is 11.8 Å². The minimum absolute atomic E-state index is 0.00437. The SMILES string of the molecule is CN(C)c1cc2c(nn1)CCN(C(=O)CN1CSCC1=O)C2. The molecule has 0 aliphatic carbocycles. The molecule has 0 saturated carbocycles. The van der Waals surface area contributed by atoms with Crippen LogP contribution in [0.5, 0.6) is 0 Å². The van der Waals surface area contributed by atoms with E-state index in [4.69, 9.17) is 0 Å². The first-order valence-corrected chi connectivity index (χ1v) is 8.36. The van der Waals surface area contributed by atoms with Crippen molar-refractivity contribution in [3.8, 4) is 0 Å². The molecule has 0 N–H and O–H groups in total. The van der Waals surface area contributed by atoms with Gasteiger partial charge in [0.25, 0.3) is 0 Å². The standard InChI is InChI=1S/C14H19N5O2S/c1-17(2)12-5-10-6-18(4-3-11(10)15-16-12)13(20)7-19-9-22-8-14(19)21/h5H,3-4,6-9H2,1-2H3. The maximum absolute atomic E-state index is 12.4. The molecule has 0 spiro atoms. The molecule has 0 unspecified atom stereocenters. The van der Waals surface area contributed by atoms with Crippen LogP contribution >= 0.6 is 11.8 Å². The summed E-state index contributed by atoms with van der Waals surface area (Å²) in [7, 11) is 3.83. The number of carbonyl (C=O) groups excluding carboxylic acids is 2. The van der Waals surface area contributed by atoms with Crippen molar-refractivity contribution in [1.82, 2.24) is 20.0 Å². The third-order valence-electron chi connectivity index (χ3n) is 3.89. The van der Waals surface area contributed by atoms with E-state index in [9.17, 15) is 9.59 Å². The summed E-state index contributed by atoms with van der Waals surface area (Å²) in [6.45, 7) is 1.36. The second-order valence-electron chi connectivity index (χ2n) is 5.70. The highest BCUT2D eigenvalue weighted by atomic mass is 32.2. The van der Waals surface area contributed by atoms with E-state index < -0.39 is 0 Å². The first kappa shape index (κ1) is 15.1. The van der Waals surface area contributed by atoms with E-state index in [1.54, 1.807) is 21.6 Å². The third-order valence-corrected chi connectivity index (χ3v) is 4.83. The van der Waals surface area contributed by atoms with Gasteiger partial charge in [-0.15, -0.1) is 16.9 Å². The summed E-state index contributed by atoms with van der Waals surface area (Å²) in [6.07, 6.45) is 0.713. The van der Waals surface area contributed by atoms with Gasteiger partial charge in [0.1, 0.15) is 6.54 Å². The monoisotopic (exact) mass is 321 g/mol. The Morgan fingerprint density at radius 3 is 2.91 bits per heavy atom. The first-order valence-electron chi connectivity index (χ1n) is 7.20. The molecule has 2 aliphatic heterocycles. The topological polar surface area (TPSA) is 69.6 Å². The lowest BCUT2D eigenvalue weighted by Crippen LogP contribution is -2.43. The van der Waals surface area contributed by atoms with Crippen LogP contribution in [0.25, 0.3) is 0 Å². The summed E-state index contributed by atoms with van der Waals surface area (Å²) in [5.74, 6) is 1.95. The second-order valence-corrected chi connectivity index (χ2v) is 6.66. The number of thioether (sulfide) groups is 1. The Morgan fingerprint density at radius 2 is 2.23 bits per heavy atom. The van der Waals surface area contributed by atoms with Crippen molar-refractivity contribution in [1.29, 1.82) is 0 Å². The number of amides is 2. The zero-order chi connectivity index (χ0) is 15.7. The van der Waals surface area contributed by atoms with Crippen molar-refractivity contribution in [2.45, 2.75) is 13.0 Å². The number of carbonyl (C=O) groups is 2. The maximum Gasteiger partial charge on any atom is 0.242 e. The average molecular weight is 321 g/mol. The molecule has 8 heteroatoms. The van der Waals surface area contributed by atoms with Crippen molar-refractivity contribution in [2.24, 2.45) is 0 Å². The fourth-order valence-corrected chi connectivity index (χ4v) is 3.46. The van der Waals surface area contributed by atoms with Crippen LogP contribution in [0.3, 0.4) is 0 Å². The van der Waals surface area contributed by atoms with Gasteiger partial charge in [-0.25, -0.2) is 0 Å². The average Bonchev–Trinajstić information content (AvgIpc) is 2.91. The van der Waals surface area contributed by atoms with Crippen LogP contribution in [0, 0.1) is 0 Å². The molecule has 2 amide bonds. The maximum atomic E-state index is 12.4. The Balaban J connectivity index is 1.69. The highest BCUT2D eigenvalue weighted by Crippen LogP contribution is 2.21. The van der Waals surface area contributed by atoms with Crippen molar-refractivity contribution in [3.63, 3.8) is 0 Å². The summed E-state index contributed by atoms with van der Waals surface area (Å²) in [5, 5.41) is 8.42. The van der Waals surface area contributed by atoms with Crippen molar-refractivity contribution < 1.29 is 9.59 Å². The number of aromatic nitrogens is 2. The molecular formula is C14H19N5O2S. The van der Waals surface area contributed by atoms with Crippen LogP contribution in [-0.4, -0.2) is 70.6 Å². The highest BCUT2D eigenvalue weighted by molar-refractivity contribution is 8.00. The van der Waals surface area contributed by atoms with Crippen molar-refractivity contribution >= 4 is 29.4 Å². The van der Waals surface area contributed by atoms with Crippen molar-refractivity contribution in [2.75, 3.05) is 43.7 Å². The van der Waals surface area contributed by atoms with Gasteiger partial charge in [-0.3, -0.25) is 9.59 Å². The van der Waals surface area contributed by atoms with E-state index in [0.717, 1.165) is 17.1 Å². The van der Waals surface area contributed by atoms with E-state index in [0.29, 0.717) is 31.1 Å². The lowest BCUT2D eigenvalue weighted by molar-refractivity contribution is -0.138. The van der Waals surface area contributed by atoms with Gasteiger partial charge in [0.05, 0.1) is 17.3 Å². The summed E-state index contributed by atoms with van der Waals surface area (Å²) < 4.78 is 0. The number of rotatable bonds is 3. The summed E-state index contributed by atoms with van der Waals surface area (Å²) in [4.78, 5) is 29.4. The summed E-state index contributed by atoms with van der Waals surface area (Å²) >= 11 is 1.55. The summed E-state index contributed by atoms with van der Waals surface area (Å²) in [6, 6.07) is 1.98. The normalized spacial score (nSPS) is 17.6. The molecule has 0 radical (unpaired) electrons. The number of hydrogen-bond acceptors (Lipinski definition) is 6. The Hall–Kier alpha value is -1.83. The molecule has 118 valence electrons. The minimum atomic E-state index is 0.00437. The number of fused-ring (bicyclic) bond motifs is 1. The first-order chi connectivity index (χ1) is 10.5. The van der Waals surface area contributed by atoms with Crippen molar-refractivity contribution in [3.05, 3.63) is 17.3 Å². The molecular weight excluding hydrogens is 302 g/mol. The molecule has 0 atom stereocenters. The highest BCUT2D eigenvalue weighted by Gasteiger charge is 2.27. The lowest BCUT2D eigenvalue weighted by atomic mass is 10.1. The molecule has 7 nitrogen and oxygen atoms in total. The molecule has 3 heterocycles. The van der Waals surface area contributed by atoms with Gasteiger partial charge < -0.3 is 14.7 Å².